The average molecular weight is 263 g/mol. The van der Waals surface area contributed by atoms with Crippen molar-refractivity contribution in [1.82, 2.24) is 4.90 Å². The van der Waals surface area contributed by atoms with Crippen molar-refractivity contribution < 1.29 is 5.11 Å². The molecule has 0 aliphatic carbocycles. The van der Waals surface area contributed by atoms with Gasteiger partial charge in [0.05, 0.1) is 0 Å². The number of aliphatic hydroxyl groups is 1. The van der Waals surface area contributed by atoms with Crippen molar-refractivity contribution in [2.45, 2.75) is 33.2 Å². The van der Waals surface area contributed by atoms with E-state index in [9.17, 15) is 0 Å². The minimum absolute atomic E-state index is 0.0631. The molecule has 1 aliphatic heterocycles. The summed E-state index contributed by atoms with van der Waals surface area (Å²) in [6.07, 6.45) is 2.57. The van der Waals surface area contributed by atoms with E-state index in [1.807, 2.05) is 0 Å². The maximum absolute atomic E-state index is 8.67. The van der Waals surface area contributed by atoms with E-state index >= 15 is 0 Å². The van der Waals surface area contributed by atoms with Crippen molar-refractivity contribution in [2.75, 3.05) is 19.7 Å². The first-order valence-corrected chi connectivity index (χ1v) is 7.36. The van der Waals surface area contributed by atoms with Crippen LogP contribution in [0, 0.1) is 17.3 Å². The van der Waals surface area contributed by atoms with Crippen molar-refractivity contribution >= 4 is 11.3 Å². The van der Waals surface area contributed by atoms with E-state index in [1.54, 1.807) is 11.3 Å². The van der Waals surface area contributed by atoms with Gasteiger partial charge in [0.15, 0.2) is 0 Å². The van der Waals surface area contributed by atoms with Gasteiger partial charge in [0.2, 0.25) is 0 Å². The van der Waals surface area contributed by atoms with E-state index in [0.29, 0.717) is 5.41 Å². The summed E-state index contributed by atoms with van der Waals surface area (Å²) in [6.45, 7) is 8.09. The maximum Gasteiger partial charge on any atom is 0.104 e. The Morgan fingerprint density at radius 1 is 1.39 bits per heavy atom. The lowest BCUT2D eigenvalue weighted by Crippen LogP contribution is -2.36. The fourth-order valence-electron chi connectivity index (χ4n) is 2.21. The lowest BCUT2D eigenvalue weighted by atomic mass is 9.83. The third-order valence-electron chi connectivity index (χ3n) is 3.55. The zero-order chi connectivity index (χ0) is 13.0. The molecule has 1 aromatic rings. The SMILES string of the molecule is CC1(C)CCN(Cc2cc(C#CCO)cs2)CC1. The second-order valence-corrected chi connectivity index (χ2v) is 6.70. The highest BCUT2D eigenvalue weighted by molar-refractivity contribution is 7.10. The molecule has 0 radical (unpaired) electrons. The van der Waals surface area contributed by atoms with E-state index in [1.165, 1.54) is 30.8 Å². The second-order valence-electron chi connectivity index (χ2n) is 5.70. The Hall–Kier alpha value is -0.820. The Kier molecular flexibility index (Phi) is 4.45. The summed E-state index contributed by atoms with van der Waals surface area (Å²) in [7, 11) is 0. The first-order chi connectivity index (χ1) is 8.59. The van der Waals surface area contributed by atoms with Crippen LogP contribution < -0.4 is 0 Å². The lowest BCUT2D eigenvalue weighted by molar-refractivity contribution is 0.128. The van der Waals surface area contributed by atoms with Crippen LogP contribution in [0.5, 0.6) is 0 Å². The van der Waals surface area contributed by atoms with E-state index in [2.05, 4.69) is 42.0 Å². The van der Waals surface area contributed by atoms with Crippen LogP contribution in [-0.2, 0) is 6.54 Å². The highest BCUT2D eigenvalue weighted by Crippen LogP contribution is 2.30. The zero-order valence-electron chi connectivity index (χ0n) is 11.2. The Morgan fingerprint density at radius 2 is 2.11 bits per heavy atom. The molecular weight excluding hydrogens is 242 g/mol. The number of rotatable bonds is 2. The molecule has 0 atom stereocenters. The maximum atomic E-state index is 8.67. The molecule has 0 amide bonds. The fourth-order valence-corrected chi connectivity index (χ4v) is 3.06. The van der Waals surface area contributed by atoms with Crippen LogP contribution in [0.15, 0.2) is 11.4 Å². The molecule has 0 bridgehead atoms. The molecule has 1 aliphatic rings. The summed E-state index contributed by atoms with van der Waals surface area (Å²) in [5, 5.41) is 10.7. The van der Waals surface area contributed by atoms with Gasteiger partial charge in [-0.15, -0.1) is 11.3 Å². The number of hydrogen-bond donors (Lipinski definition) is 1. The topological polar surface area (TPSA) is 23.5 Å². The van der Waals surface area contributed by atoms with Gasteiger partial charge in [0.25, 0.3) is 0 Å². The highest BCUT2D eigenvalue weighted by Gasteiger charge is 2.25. The fraction of sp³-hybridized carbons (Fsp3) is 0.600. The third-order valence-corrected chi connectivity index (χ3v) is 4.48. The van der Waals surface area contributed by atoms with Crippen LogP contribution in [0.3, 0.4) is 0 Å². The standard InChI is InChI=1S/C15H21NOS/c1-15(2)5-7-16(8-6-15)11-14-10-13(12-18-14)4-3-9-17/h10,12,17H,5-9,11H2,1-2H3. The normalized spacial score (nSPS) is 19.3. The van der Waals surface area contributed by atoms with E-state index in [4.69, 9.17) is 5.11 Å². The second kappa shape index (κ2) is 5.88. The van der Waals surface area contributed by atoms with E-state index in [0.717, 1.165) is 12.1 Å². The Balaban J connectivity index is 1.88. The first kappa shape index (κ1) is 13.6. The molecule has 0 aromatic carbocycles. The van der Waals surface area contributed by atoms with Gasteiger partial charge in [0, 0.05) is 22.4 Å². The average Bonchev–Trinajstić information content (AvgIpc) is 2.77. The molecular formula is C15H21NOS. The van der Waals surface area contributed by atoms with Gasteiger partial charge in [-0.1, -0.05) is 25.7 Å². The van der Waals surface area contributed by atoms with Crippen LogP contribution >= 0.6 is 11.3 Å². The zero-order valence-corrected chi connectivity index (χ0v) is 12.0. The molecule has 1 aromatic heterocycles. The largest absolute Gasteiger partial charge is 0.384 e. The predicted molar refractivity (Wildman–Crippen MR) is 76.6 cm³/mol. The van der Waals surface area contributed by atoms with Gasteiger partial charge in [0.1, 0.15) is 6.61 Å². The van der Waals surface area contributed by atoms with Gasteiger partial charge in [-0.2, -0.15) is 0 Å². The number of likely N-dealkylation sites (tertiary alicyclic amines) is 1. The summed E-state index contributed by atoms with van der Waals surface area (Å²) in [5.41, 5.74) is 1.55. The smallest absolute Gasteiger partial charge is 0.104 e. The van der Waals surface area contributed by atoms with Crippen molar-refractivity contribution in [2.24, 2.45) is 5.41 Å². The summed E-state index contributed by atoms with van der Waals surface area (Å²) in [4.78, 5) is 3.90. The Morgan fingerprint density at radius 3 is 2.78 bits per heavy atom. The van der Waals surface area contributed by atoms with Gasteiger partial charge >= 0.3 is 0 Å². The first-order valence-electron chi connectivity index (χ1n) is 6.48. The van der Waals surface area contributed by atoms with Gasteiger partial charge in [-0.25, -0.2) is 0 Å². The Labute approximate surface area is 114 Å². The molecule has 98 valence electrons. The molecule has 2 rings (SSSR count). The number of hydrogen-bond acceptors (Lipinski definition) is 3. The third kappa shape index (κ3) is 3.84. The van der Waals surface area contributed by atoms with Gasteiger partial charge in [-0.05, 0) is 37.4 Å². The highest BCUT2D eigenvalue weighted by atomic mass is 32.1. The summed E-state index contributed by atoms with van der Waals surface area (Å²) >= 11 is 1.77. The quantitative estimate of drug-likeness (QED) is 0.829. The molecule has 2 nitrogen and oxygen atoms in total. The van der Waals surface area contributed by atoms with Crippen molar-refractivity contribution in [1.29, 1.82) is 0 Å². The number of nitrogens with zero attached hydrogens (tertiary/aromatic N) is 1. The molecule has 1 saturated heterocycles. The lowest BCUT2D eigenvalue weighted by Gasteiger charge is -2.36. The summed E-state index contributed by atoms with van der Waals surface area (Å²) in [6, 6.07) is 2.15. The summed E-state index contributed by atoms with van der Waals surface area (Å²) < 4.78 is 0. The number of thiophene rings is 1. The molecule has 0 spiro atoms. The van der Waals surface area contributed by atoms with Crippen LogP contribution in [-0.4, -0.2) is 29.7 Å². The van der Waals surface area contributed by atoms with Crippen LogP contribution in [0.1, 0.15) is 37.1 Å². The monoisotopic (exact) mass is 263 g/mol. The molecule has 1 N–H and O–H groups in total. The van der Waals surface area contributed by atoms with Crippen molar-refractivity contribution in [3.05, 3.63) is 21.9 Å². The minimum atomic E-state index is -0.0631. The van der Waals surface area contributed by atoms with Crippen LogP contribution in [0.4, 0.5) is 0 Å². The van der Waals surface area contributed by atoms with Crippen LogP contribution in [0.25, 0.3) is 0 Å². The van der Waals surface area contributed by atoms with E-state index < -0.39 is 0 Å². The predicted octanol–water partition coefficient (Wildman–Crippen LogP) is 2.71. The molecule has 1 fully saturated rings. The number of aliphatic hydroxyl groups excluding tert-OH is 1. The van der Waals surface area contributed by atoms with Gasteiger partial charge in [-0.3, -0.25) is 4.90 Å². The van der Waals surface area contributed by atoms with Crippen molar-refractivity contribution in [3.63, 3.8) is 0 Å². The number of piperidine rings is 1. The molecule has 2 heterocycles. The molecule has 18 heavy (non-hydrogen) atoms. The molecule has 3 heteroatoms. The summed E-state index contributed by atoms with van der Waals surface area (Å²) in [5.74, 6) is 5.65. The molecule has 0 saturated carbocycles. The van der Waals surface area contributed by atoms with Crippen LogP contribution in [0.2, 0.25) is 0 Å². The van der Waals surface area contributed by atoms with Gasteiger partial charge < -0.3 is 5.11 Å². The van der Waals surface area contributed by atoms with E-state index in [-0.39, 0.29) is 6.61 Å². The minimum Gasteiger partial charge on any atom is -0.384 e. The Bertz CT molecular complexity index is 443. The van der Waals surface area contributed by atoms with Crippen molar-refractivity contribution in [3.8, 4) is 11.8 Å². The molecule has 0 unspecified atom stereocenters.